The van der Waals surface area contributed by atoms with Crippen LogP contribution in [0.1, 0.15) is 34.3 Å². The van der Waals surface area contributed by atoms with E-state index in [1.807, 2.05) is 24.3 Å². The van der Waals surface area contributed by atoms with Crippen LogP contribution < -0.4 is 4.74 Å². The van der Waals surface area contributed by atoms with Gasteiger partial charge in [-0.05, 0) is 49.1 Å². The minimum atomic E-state index is -0.860. The molecule has 28 heavy (non-hydrogen) atoms. The SMILES string of the molecule is COc1ccc(CN(C(=O)COC(=O)c2ccc(C)c(O)c2O)C2CC2)cc1. The van der Waals surface area contributed by atoms with Crippen LogP contribution in [0, 0.1) is 6.92 Å². The van der Waals surface area contributed by atoms with E-state index in [4.69, 9.17) is 9.47 Å². The Labute approximate surface area is 163 Å². The van der Waals surface area contributed by atoms with Crippen LogP contribution in [0.15, 0.2) is 36.4 Å². The van der Waals surface area contributed by atoms with Gasteiger partial charge in [-0.25, -0.2) is 4.79 Å². The number of carbonyl (C=O) groups excluding carboxylic acids is 2. The van der Waals surface area contributed by atoms with Crippen LogP contribution in [0.2, 0.25) is 0 Å². The van der Waals surface area contributed by atoms with E-state index < -0.39 is 18.3 Å². The van der Waals surface area contributed by atoms with Crippen molar-refractivity contribution in [3.63, 3.8) is 0 Å². The maximum atomic E-state index is 12.6. The number of benzene rings is 2. The van der Waals surface area contributed by atoms with Crippen molar-refractivity contribution in [1.29, 1.82) is 0 Å². The Hall–Kier alpha value is -3.22. The molecule has 0 aliphatic heterocycles. The molecule has 2 N–H and O–H groups in total. The number of hydrogen-bond donors (Lipinski definition) is 2. The highest BCUT2D eigenvalue weighted by Crippen LogP contribution is 2.33. The van der Waals surface area contributed by atoms with E-state index in [2.05, 4.69) is 0 Å². The summed E-state index contributed by atoms with van der Waals surface area (Å²) in [6.45, 7) is 1.58. The first-order valence-electron chi connectivity index (χ1n) is 9.01. The van der Waals surface area contributed by atoms with E-state index in [9.17, 15) is 19.8 Å². The fraction of sp³-hybridized carbons (Fsp3) is 0.333. The van der Waals surface area contributed by atoms with Gasteiger partial charge >= 0.3 is 5.97 Å². The average Bonchev–Trinajstić information content (AvgIpc) is 3.54. The van der Waals surface area contributed by atoms with Crippen molar-refractivity contribution >= 4 is 11.9 Å². The molecule has 7 nitrogen and oxygen atoms in total. The number of aromatic hydroxyl groups is 2. The summed E-state index contributed by atoms with van der Waals surface area (Å²) in [6, 6.07) is 10.4. The minimum Gasteiger partial charge on any atom is -0.504 e. The monoisotopic (exact) mass is 385 g/mol. The molecule has 1 aliphatic rings. The number of rotatable bonds is 7. The van der Waals surface area contributed by atoms with E-state index in [1.165, 1.54) is 12.1 Å². The molecule has 0 atom stereocenters. The lowest BCUT2D eigenvalue weighted by Gasteiger charge is -2.22. The minimum absolute atomic E-state index is 0.144. The molecular weight excluding hydrogens is 362 g/mol. The third-order valence-corrected chi connectivity index (χ3v) is 4.72. The number of aryl methyl sites for hydroxylation is 1. The zero-order valence-electron chi connectivity index (χ0n) is 15.8. The van der Waals surface area contributed by atoms with Crippen LogP contribution in [-0.4, -0.2) is 46.7 Å². The van der Waals surface area contributed by atoms with Crippen molar-refractivity contribution < 1.29 is 29.3 Å². The van der Waals surface area contributed by atoms with E-state index in [0.29, 0.717) is 12.1 Å². The lowest BCUT2D eigenvalue weighted by molar-refractivity contribution is -0.135. The van der Waals surface area contributed by atoms with Gasteiger partial charge in [0.15, 0.2) is 18.1 Å². The number of esters is 1. The maximum absolute atomic E-state index is 12.6. The van der Waals surface area contributed by atoms with E-state index in [0.717, 1.165) is 24.2 Å². The van der Waals surface area contributed by atoms with Crippen LogP contribution in [0.3, 0.4) is 0 Å². The van der Waals surface area contributed by atoms with Gasteiger partial charge in [0.1, 0.15) is 11.3 Å². The fourth-order valence-corrected chi connectivity index (χ4v) is 2.87. The predicted molar refractivity (Wildman–Crippen MR) is 101 cm³/mol. The van der Waals surface area contributed by atoms with Crippen molar-refractivity contribution in [3.05, 3.63) is 53.1 Å². The number of ether oxygens (including phenoxy) is 2. The molecule has 148 valence electrons. The normalized spacial score (nSPS) is 13.1. The standard InChI is InChI=1S/C21H23NO6/c1-13-3-10-17(20(25)19(13)24)21(26)28-12-18(23)22(15-6-7-15)11-14-4-8-16(27-2)9-5-14/h3-5,8-10,15,24-25H,6-7,11-12H2,1-2H3. The van der Waals surface area contributed by atoms with Crippen molar-refractivity contribution in [2.45, 2.75) is 32.4 Å². The van der Waals surface area contributed by atoms with Gasteiger partial charge in [-0.1, -0.05) is 18.2 Å². The number of amides is 1. The summed E-state index contributed by atoms with van der Waals surface area (Å²) >= 11 is 0. The molecule has 0 aromatic heterocycles. The third kappa shape index (κ3) is 4.36. The number of hydrogen-bond acceptors (Lipinski definition) is 6. The average molecular weight is 385 g/mol. The highest BCUT2D eigenvalue weighted by atomic mass is 16.5. The summed E-state index contributed by atoms with van der Waals surface area (Å²) in [6.07, 6.45) is 1.84. The summed E-state index contributed by atoms with van der Waals surface area (Å²) in [5.41, 5.74) is 1.21. The summed E-state index contributed by atoms with van der Waals surface area (Å²) in [5, 5.41) is 19.6. The van der Waals surface area contributed by atoms with E-state index in [-0.39, 0.29) is 23.3 Å². The highest BCUT2D eigenvalue weighted by Gasteiger charge is 2.33. The summed E-state index contributed by atoms with van der Waals surface area (Å²) in [5.74, 6) is -1.35. The second-order valence-corrected chi connectivity index (χ2v) is 6.80. The van der Waals surface area contributed by atoms with Gasteiger partial charge < -0.3 is 24.6 Å². The van der Waals surface area contributed by atoms with Crippen molar-refractivity contribution in [1.82, 2.24) is 4.90 Å². The van der Waals surface area contributed by atoms with Crippen LogP contribution in [0.5, 0.6) is 17.2 Å². The van der Waals surface area contributed by atoms with Crippen molar-refractivity contribution in [3.8, 4) is 17.2 Å². The number of phenolic OH excluding ortho intramolecular Hbond substituents is 2. The quantitative estimate of drug-likeness (QED) is 0.562. The van der Waals surface area contributed by atoms with Crippen molar-refractivity contribution in [2.75, 3.05) is 13.7 Å². The summed E-state index contributed by atoms with van der Waals surface area (Å²) in [7, 11) is 1.59. The fourth-order valence-electron chi connectivity index (χ4n) is 2.87. The zero-order chi connectivity index (χ0) is 20.3. The Morgan fingerprint density at radius 3 is 2.36 bits per heavy atom. The molecule has 0 radical (unpaired) electrons. The molecule has 0 bridgehead atoms. The molecule has 1 fully saturated rings. The number of carbonyl (C=O) groups is 2. The Morgan fingerprint density at radius 1 is 1.07 bits per heavy atom. The van der Waals surface area contributed by atoms with Gasteiger partial charge in [-0.3, -0.25) is 4.79 Å². The molecule has 0 saturated heterocycles. The van der Waals surface area contributed by atoms with Crippen LogP contribution in [0.25, 0.3) is 0 Å². The third-order valence-electron chi connectivity index (χ3n) is 4.72. The van der Waals surface area contributed by atoms with E-state index >= 15 is 0 Å². The first-order chi connectivity index (χ1) is 13.4. The van der Waals surface area contributed by atoms with Crippen LogP contribution >= 0.6 is 0 Å². The smallest absolute Gasteiger partial charge is 0.342 e. The Kier molecular flexibility index (Phi) is 5.73. The second kappa shape index (κ2) is 8.21. The predicted octanol–water partition coefficient (Wildman–Crippen LogP) is 2.76. The summed E-state index contributed by atoms with van der Waals surface area (Å²) in [4.78, 5) is 26.5. The number of nitrogens with zero attached hydrogens (tertiary/aromatic N) is 1. The van der Waals surface area contributed by atoms with Gasteiger partial charge in [-0.2, -0.15) is 0 Å². The van der Waals surface area contributed by atoms with Crippen molar-refractivity contribution in [2.24, 2.45) is 0 Å². The van der Waals surface area contributed by atoms with Gasteiger partial charge in [0.25, 0.3) is 5.91 Å². The highest BCUT2D eigenvalue weighted by molar-refractivity contribution is 5.95. The second-order valence-electron chi connectivity index (χ2n) is 6.80. The Morgan fingerprint density at radius 2 is 1.75 bits per heavy atom. The first kappa shape index (κ1) is 19.5. The van der Waals surface area contributed by atoms with Crippen LogP contribution in [0.4, 0.5) is 0 Å². The molecule has 7 heteroatoms. The molecule has 1 amide bonds. The summed E-state index contributed by atoms with van der Waals surface area (Å²) < 4.78 is 10.2. The lowest BCUT2D eigenvalue weighted by atomic mass is 10.1. The molecular formula is C21H23NO6. The molecule has 2 aromatic rings. The molecule has 1 aliphatic carbocycles. The molecule has 3 rings (SSSR count). The lowest BCUT2D eigenvalue weighted by Crippen LogP contribution is -2.36. The van der Waals surface area contributed by atoms with Gasteiger partial charge in [-0.15, -0.1) is 0 Å². The first-order valence-corrected chi connectivity index (χ1v) is 9.01. The number of phenols is 2. The molecule has 0 unspecified atom stereocenters. The topological polar surface area (TPSA) is 96.3 Å². The van der Waals surface area contributed by atoms with Gasteiger partial charge in [0.2, 0.25) is 0 Å². The Bertz CT molecular complexity index is 873. The van der Waals surface area contributed by atoms with Gasteiger partial charge in [0.05, 0.1) is 7.11 Å². The molecule has 0 heterocycles. The van der Waals surface area contributed by atoms with Crippen LogP contribution in [-0.2, 0) is 16.1 Å². The largest absolute Gasteiger partial charge is 0.504 e. The van der Waals surface area contributed by atoms with E-state index in [1.54, 1.807) is 18.9 Å². The zero-order valence-corrected chi connectivity index (χ0v) is 15.8. The number of methoxy groups -OCH3 is 1. The van der Waals surface area contributed by atoms with Gasteiger partial charge in [0, 0.05) is 12.6 Å². The molecule has 1 saturated carbocycles. The molecule has 2 aromatic carbocycles. The maximum Gasteiger partial charge on any atom is 0.342 e. The Balaban J connectivity index is 1.63. The molecule has 0 spiro atoms.